The second kappa shape index (κ2) is 8.16. The minimum atomic E-state index is -0.0592. The molecule has 0 saturated carbocycles. The van der Waals surface area contributed by atoms with Gasteiger partial charge in [0.15, 0.2) is 5.13 Å². The number of carbonyl (C=O) groups excluding carboxylic acids is 1. The van der Waals surface area contributed by atoms with Crippen LogP contribution in [0.5, 0.6) is 0 Å². The van der Waals surface area contributed by atoms with Crippen LogP contribution in [0.25, 0.3) is 10.2 Å². The molecule has 1 aromatic carbocycles. The Hall–Kier alpha value is -2.29. The van der Waals surface area contributed by atoms with Crippen LogP contribution < -0.4 is 4.90 Å². The van der Waals surface area contributed by atoms with E-state index in [2.05, 4.69) is 10.00 Å². The SMILES string of the molecule is Cn1nccc1C(=O)N(CCCN1CCOCC1)c1nc2ccccc2s1. The summed E-state index contributed by atoms with van der Waals surface area (Å²) < 4.78 is 8.11. The molecule has 1 aliphatic heterocycles. The number of rotatable bonds is 6. The van der Waals surface area contributed by atoms with Crippen LogP contribution in [0.15, 0.2) is 36.5 Å². The lowest BCUT2D eigenvalue weighted by molar-refractivity contribution is 0.0376. The Balaban J connectivity index is 1.54. The largest absolute Gasteiger partial charge is 0.379 e. The number of aromatic nitrogens is 3. The number of benzene rings is 1. The highest BCUT2D eigenvalue weighted by Crippen LogP contribution is 2.29. The van der Waals surface area contributed by atoms with E-state index in [1.807, 2.05) is 24.3 Å². The van der Waals surface area contributed by atoms with Gasteiger partial charge in [0.2, 0.25) is 0 Å². The van der Waals surface area contributed by atoms with Crippen molar-refractivity contribution in [3.63, 3.8) is 0 Å². The summed E-state index contributed by atoms with van der Waals surface area (Å²) in [5, 5.41) is 4.88. The van der Waals surface area contributed by atoms with Gasteiger partial charge in [0, 0.05) is 39.4 Å². The first-order valence-electron chi connectivity index (χ1n) is 9.18. The van der Waals surface area contributed by atoms with E-state index in [9.17, 15) is 4.79 Å². The number of ether oxygens (including phenoxy) is 1. The van der Waals surface area contributed by atoms with E-state index >= 15 is 0 Å². The van der Waals surface area contributed by atoms with Crippen LogP contribution in [-0.2, 0) is 11.8 Å². The van der Waals surface area contributed by atoms with Gasteiger partial charge in [-0.05, 0) is 24.6 Å². The molecule has 1 amide bonds. The van der Waals surface area contributed by atoms with Gasteiger partial charge >= 0.3 is 0 Å². The van der Waals surface area contributed by atoms with Gasteiger partial charge in [0.1, 0.15) is 5.69 Å². The molecule has 1 fully saturated rings. The Kier molecular flexibility index (Phi) is 5.47. The summed E-state index contributed by atoms with van der Waals surface area (Å²) in [4.78, 5) is 22.1. The summed E-state index contributed by atoms with van der Waals surface area (Å²) in [5.74, 6) is -0.0592. The number of thiazole rings is 1. The fourth-order valence-corrected chi connectivity index (χ4v) is 4.25. The summed E-state index contributed by atoms with van der Waals surface area (Å²) in [7, 11) is 1.79. The molecule has 0 atom stereocenters. The molecule has 0 N–H and O–H groups in total. The van der Waals surface area contributed by atoms with Crippen molar-refractivity contribution in [2.45, 2.75) is 6.42 Å². The molecule has 3 aromatic rings. The second-order valence-electron chi connectivity index (χ2n) is 6.57. The summed E-state index contributed by atoms with van der Waals surface area (Å²) in [6, 6.07) is 9.74. The Morgan fingerprint density at radius 2 is 2.07 bits per heavy atom. The molecule has 4 rings (SSSR count). The number of para-hydroxylation sites is 1. The Labute approximate surface area is 162 Å². The van der Waals surface area contributed by atoms with Crippen LogP contribution in [0.3, 0.4) is 0 Å². The van der Waals surface area contributed by atoms with Gasteiger partial charge in [-0.15, -0.1) is 0 Å². The average molecular weight is 385 g/mol. The van der Waals surface area contributed by atoms with Gasteiger partial charge in [0.05, 0.1) is 23.4 Å². The second-order valence-corrected chi connectivity index (χ2v) is 7.58. The lowest BCUT2D eigenvalue weighted by Gasteiger charge is -2.27. The monoisotopic (exact) mass is 385 g/mol. The molecular formula is C19H23N5O2S. The first kappa shape index (κ1) is 18.1. The molecule has 7 nitrogen and oxygen atoms in total. The highest BCUT2D eigenvalue weighted by molar-refractivity contribution is 7.22. The first-order chi connectivity index (χ1) is 13.2. The first-order valence-corrected chi connectivity index (χ1v) is 9.99. The van der Waals surface area contributed by atoms with Gasteiger partial charge in [-0.1, -0.05) is 23.5 Å². The molecule has 0 unspecified atom stereocenters. The predicted molar refractivity (Wildman–Crippen MR) is 106 cm³/mol. The standard InChI is InChI=1S/C19H23N5O2S/c1-22-16(7-8-20-22)18(25)24(10-4-9-23-11-13-26-14-12-23)19-21-15-5-2-3-6-17(15)27-19/h2-3,5-8H,4,9-14H2,1H3. The lowest BCUT2D eigenvalue weighted by atomic mass is 10.3. The maximum atomic E-state index is 13.2. The molecule has 0 radical (unpaired) electrons. The van der Waals surface area contributed by atoms with Gasteiger partial charge in [-0.25, -0.2) is 4.98 Å². The summed E-state index contributed by atoms with van der Waals surface area (Å²) in [6.45, 7) is 5.06. The number of anilines is 1. The number of carbonyl (C=O) groups is 1. The topological polar surface area (TPSA) is 63.5 Å². The average Bonchev–Trinajstić information content (AvgIpc) is 3.31. The minimum absolute atomic E-state index is 0.0592. The van der Waals surface area contributed by atoms with Crippen LogP contribution in [0.1, 0.15) is 16.9 Å². The van der Waals surface area contributed by atoms with Crippen molar-refractivity contribution in [1.29, 1.82) is 0 Å². The Morgan fingerprint density at radius 3 is 2.81 bits per heavy atom. The smallest absolute Gasteiger partial charge is 0.278 e. The summed E-state index contributed by atoms with van der Waals surface area (Å²) in [6.07, 6.45) is 2.54. The van der Waals surface area contributed by atoms with Crippen LogP contribution in [-0.4, -0.2) is 65.0 Å². The highest BCUT2D eigenvalue weighted by atomic mass is 32.1. The normalized spacial score (nSPS) is 15.3. The summed E-state index contributed by atoms with van der Waals surface area (Å²) >= 11 is 1.55. The fraction of sp³-hybridized carbons (Fsp3) is 0.421. The number of hydrogen-bond donors (Lipinski definition) is 0. The van der Waals surface area contributed by atoms with E-state index in [1.54, 1.807) is 40.2 Å². The van der Waals surface area contributed by atoms with E-state index in [-0.39, 0.29) is 5.91 Å². The maximum Gasteiger partial charge on any atom is 0.278 e. The number of amides is 1. The molecule has 0 aliphatic carbocycles. The Morgan fingerprint density at radius 1 is 1.26 bits per heavy atom. The van der Waals surface area contributed by atoms with Crippen LogP contribution >= 0.6 is 11.3 Å². The van der Waals surface area contributed by atoms with Crippen molar-refractivity contribution < 1.29 is 9.53 Å². The van der Waals surface area contributed by atoms with E-state index in [1.165, 1.54) is 0 Å². The van der Waals surface area contributed by atoms with Crippen molar-refractivity contribution in [3.05, 3.63) is 42.2 Å². The van der Waals surface area contributed by atoms with E-state index in [4.69, 9.17) is 9.72 Å². The third kappa shape index (κ3) is 4.02. The third-order valence-corrected chi connectivity index (χ3v) is 5.82. The van der Waals surface area contributed by atoms with Crippen molar-refractivity contribution in [2.75, 3.05) is 44.3 Å². The van der Waals surface area contributed by atoms with E-state index in [0.717, 1.165) is 54.6 Å². The zero-order valence-corrected chi connectivity index (χ0v) is 16.2. The van der Waals surface area contributed by atoms with E-state index in [0.29, 0.717) is 12.2 Å². The van der Waals surface area contributed by atoms with Gasteiger partial charge in [-0.2, -0.15) is 5.10 Å². The molecule has 0 bridgehead atoms. The van der Waals surface area contributed by atoms with Crippen LogP contribution in [0, 0.1) is 0 Å². The molecule has 142 valence electrons. The third-order valence-electron chi connectivity index (χ3n) is 4.76. The molecule has 27 heavy (non-hydrogen) atoms. The number of nitrogens with zero attached hydrogens (tertiary/aromatic N) is 5. The zero-order chi connectivity index (χ0) is 18.6. The van der Waals surface area contributed by atoms with Crippen molar-refractivity contribution in [2.24, 2.45) is 7.05 Å². The van der Waals surface area contributed by atoms with Crippen molar-refractivity contribution in [3.8, 4) is 0 Å². The quantitative estimate of drug-likeness (QED) is 0.652. The number of morpholine rings is 1. The highest BCUT2D eigenvalue weighted by Gasteiger charge is 2.23. The minimum Gasteiger partial charge on any atom is -0.379 e. The number of hydrogen-bond acceptors (Lipinski definition) is 6. The van der Waals surface area contributed by atoms with Gasteiger partial charge in [-0.3, -0.25) is 19.3 Å². The van der Waals surface area contributed by atoms with Gasteiger partial charge < -0.3 is 4.74 Å². The Bertz CT molecular complexity index is 883. The molecule has 0 spiro atoms. The molecule has 2 aromatic heterocycles. The molecule has 3 heterocycles. The predicted octanol–water partition coefficient (Wildman–Crippen LogP) is 2.40. The zero-order valence-electron chi connectivity index (χ0n) is 15.4. The lowest BCUT2D eigenvalue weighted by Crippen LogP contribution is -2.39. The maximum absolute atomic E-state index is 13.2. The fourth-order valence-electron chi connectivity index (χ4n) is 3.26. The number of aryl methyl sites for hydroxylation is 1. The number of fused-ring (bicyclic) bond motifs is 1. The summed E-state index contributed by atoms with van der Waals surface area (Å²) in [5.41, 5.74) is 1.49. The van der Waals surface area contributed by atoms with Crippen LogP contribution in [0.2, 0.25) is 0 Å². The molecular weight excluding hydrogens is 362 g/mol. The molecule has 1 saturated heterocycles. The van der Waals surface area contributed by atoms with Crippen molar-refractivity contribution >= 4 is 32.6 Å². The van der Waals surface area contributed by atoms with E-state index < -0.39 is 0 Å². The molecule has 8 heteroatoms. The molecule has 1 aliphatic rings. The van der Waals surface area contributed by atoms with Crippen LogP contribution in [0.4, 0.5) is 5.13 Å². The van der Waals surface area contributed by atoms with Crippen molar-refractivity contribution in [1.82, 2.24) is 19.7 Å². The van der Waals surface area contributed by atoms with Gasteiger partial charge in [0.25, 0.3) is 5.91 Å².